The Bertz CT molecular complexity index is 879. The zero-order valence-electron chi connectivity index (χ0n) is 15.1. The van der Waals surface area contributed by atoms with E-state index in [1.807, 2.05) is 18.4 Å². The molecule has 140 valence electrons. The van der Waals surface area contributed by atoms with Gasteiger partial charge in [0.1, 0.15) is 5.75 Å². The molecule has 2 aromatic rings. The first-order valence-electron chi connectivity index (χ1n) is 7.79. The molecule has 0 aliphatic heterocycles. The van der Waals surface area contributed by atoms with Gasteiger partial charge in [-0.25, -0.2) is 12.7 Å². The molecule has 1 N–H and O–H groups in total. The lowest BCUT2D eigenvalue weighted by Crippen LogP contribution is -2.22. The van der Waals surface area contributed by atoms with Crippen molar-refractivity contribution >= 4 is 33.4 Å². The highest BCUT2D eigenvalue weighted by atomic mass is 32.2. The van der Waals surface area contributed by atoms with Crippen LogP contribution >= 0.6 is 11.8 Å². The third-order valence-electron chi connectivity index (χ3n) is 3.72. The minimum Gasteiger partial charge on any atom is -0.495 e. The summed E-state index contributed by atoms with van der Waals surface area (Å²) < 4.78 is 31.0. The second kappa shape index (κ2) is 8.57. The maximum Gasteiger partial charge on any atom is 0.255 e. The Morgan fingerprint density at radius 3 is 2.35 bits per heavy atom. The summed E-state index contributed by atoms with van der Waals surface area (Å²) in [5, 5.41) is 2.73. The number of nitrogens with one attached hydrogen (secondary N) is 1. The van der Waals surface area contributed by atoms with Crippen LogP contribution in [0.4, 0.5) is 5.69 Å². The predicted octanol–water partition coefficient (Wildman–Crippen LogP) is 3.06. The zero-order chi connectivity index (χ0) is 19.3. The van der Waals surface area contributed by atoms with E-state index in [1.165, 1.54) is 39.4 Å². The minimum atomic E-state index is -3.61. The largest absolute Gasteiger partial charge is 0.495 e. The van der Waals surface area contributed by atoms with Crippen LogP contribution in [-0.2, 0) is 15.8 Å². The van der Waals surface area contributed by atoms with Crippen LogP contribution in [0.15, 0.2) is 47.4 Å². The van der Waals surface area contributed by atoms with Gasteiger partial charge in [-0.1, -0.05) is 12.1 Å². The number of carbonyl (C=O) groups is 1. The first-order valence-corrected chi connectivity index (χ1v) is 10.6. The summed E-state index contributed by atoms with van der Waals surface area (Å²) >= 11 is 1.70. The van der Waals surface area contributed by atoms with Crippen molar-refractivity contribution in [3.8, 4) is 5.75 Å². The molecule has 0 atom stereocenters. The molecule has 0 bridgehead atoms. The SMILES string of the molecule is COc1ccc(S(=O)(=O)N(C)C)cc1NC(=O)c1ccc(CSC)cc1. The molecule has 2 aromatic carbocycles. The lowest BCUT2D eigenvalue weighted by Gasteiger charge is -2.15. The van der Waals surface area contributed by atoms with E-state index in [0.29, 0.717) is 17.0 Å². The van der Waals surface area contributed by atoms with Gasteiger partial charge in [-0.15, -0.1) is 0 Å². The molecule has 0 fully saturated rings. The van der Waals surface area contributed by atoms with Gasteiger partial charge in [-0.3, -0.25) is 4.79 Å². The second-order valence-electron chi connectivity index (χ2n) is 5.73. The van der Waals surface area contributed by atoms with E-state index in [1.54, 1.807) is 23.9 Å². The molecule has 1 amide bonds. The fraction of sp³-hybridized carbons (Fsp3) is 0.278. The van der Waals surface area contributed by atoms with Gasteiger partial charge in [-0.05, 0) is 42.2 Å². The lowest BCUT2D eigenvalue weighted by molar-refractivity contribution is 0.102. The standard InChI is InChI=1S/C18H22N2O4S2/c1-20(2)26(22,23)15-9-10-17(24-3)16(11-15)19-18(21)14-7-5-13(6-8-14)12-25-4/h5-11H,12H2,1-4H3,(H,19,21). The van der Waals surface area contributed by atoms with E-state index < -0.39 is 10.0 Å². The molecular weight excluding hydrogens is 372 g/mol. The van der Waals surface area contributed by atoms with Crippen molar-refractivity contribution < 1.29 is 17.9 Å². The van der Waals surface area contributed by atoms with Crippen LogP contribution in [0.1, 0.15) is 15.9 Å². The van der Waals surface area contributed by atoms with Crippen molar-refractivity contribution in [1.29, 1.82) is 0 Å². The third kappa shape index (κ3) is 4.57. The van der Waals surface area contributed by atoms with Gasteiger partial charge >= 0.3 is 0 Å². The molecule has 8 heteroatoms. The number of hydrogen-bond acceptors (Lipinski definition) is 5. The number of nitrogens with zero attached hydrogens (tertiary/aromatic N) is 1. The fourth-order valence-corrected chi connectivity index (χ4v) is 3.72. The Balaban J connectivity index is 2.31. The summed E-state index contributed by atoms with van der Waals surface area (Å²) in [6.07, 6.45) is 2.02. The highest BCUT2D eigenvalue weighted by molar-refractivity contribution is 7.97. The van der Waals surface area contributed by atoms with Gasteiger partial charge in [-0.2, -0.15) is 11.8 Å². The number of hydrogen-bond donors (Lipinski definition) is 1. The van der Waals surface area contributed by atoms with Crippen molar-refractivity contribution in [2.75, 3.05) is 32.8 Å². The van der Waals surface area contributed by atoms with Gasteiger partial charge in [0.25, 0.3) is 5.91 Å². The van der Waals surface area contributed by atoms with E-state index in [-0.39, 0.29) is 10.8 Å². The van der Waals surface area contributed by atoms with Crippen molar-refractivity contribution in [1.82, 2.24) is 4.31 Å². The normalized spacial score (nSPS) is 11.4. The molecule has 0 aromatic heterocycles. The van der Waals surface area contributed by atoms with Gasteiger partial charge in [0.05, 0.1) is 17.7 Å². The number of ether oxygens (including phenoxy) is 1. The van der Waals surface area contributed by atoms with Crippen LogP contribution in [0.5, 0.6) is 5.75 Å². The van der Waals surface area contributed by atoms with E-state index in [2.05, 4.69) is 5.32 Å². The molecular formula is C18H22N2O4S2. The molecule has 0 saturated carbocycles. The summed E-state index contributed by atoms with van der Waals surface area (Å²) in [5.74, 6) is 0.925. The zero-order valence-corrected chi connectivity index (χ0v) is 16.8. The van der Waals surface area contributed by atoms with Crippen LogP contribution in [0.3, 0.4) is 0 Å². The number of benzene rings is 2. The molecule has 0 spiro atoms. The molecule has 0 aliphatic rings. The number of methoxy groups -OCH3 is 1. The molecule has 0 saturated heterocycles. The Hall–Kier alpha value is -2.03. The van der Waals surface area contributed by atoms with Crippen LogP contribution in [-0.4, -0.2) is 46.1 Å². The van der Waals surface area contributed by atoms with Crippen molar-refractivity contribution in [3.63, 3.8) is 0 Å². The molecule has 0 heterocycles. The van der Waals surface area contributed by atoms with Crippen LogP contribution in [0.2, 0.25) is 0 Å². The maximum absolute atomic E-state index is 12.5. The Morgan fingerprint density at radius 2 is 1.81 bits per heavy atom. The van der Waals surface area contributed by atoms with Crippen LogP contribution in [0.25, 0.3) is 0 Å². The monoisotopic (exact) mass is 394 g/mol. The second-order valence-corrected chi connectivity index (χ2v) is 8.75. The lowest BCUT2D eigenvalue weighted by atomic mass is 10.1. The molecule has 26 heavy (non-hydrogen) atoms. The number of amides is 1. The van der Waals surface area contributed by atoms with Crippen molar-refractivity contribution in [3.05, 3.63) is 53.6 Å². The molecule has 6 nitrogen and oxygen atoms in total. The Labute approximate surface area is 158 Å². The molecule has 0 radical (unpaired) electrons. The summed E-state index contributed by atoms with van der Waals surface area (Å²) in [5.41, 5.74) is 1.91. The van der Waals surface area contributed by atoms with Gasteiger partial charge in [0, 0.05) is 25.4 Å². The summed E-state index contributed by atoms with van der Waals surface area (Å²) in [6.45, 7) is 0. The Morgan fingerprint density at radius 1 is 1.15 bits per heavy atom. The first-order chi connectivity index (χ1) is 12.3. The van der Waals surface area contributed by atoms with Crippen LogP contribution < -0.4 is 10.1 Å². The summed E-state index contributed by atoms with van der Waals surface area (Å²) in [6, 6.07) is 11.6. The van der Waals surface area contributed by atoms with Gasteiger partial charge in [0.2, 0.25) is 10.0 Å². The molecule has 2 rings (SSSR count). The molecule has 0 unspecified atom stereocenters. The highest BCUT2D eigenvalue weighted by Crippen LogP contribution is 2.29. The van der Waals surface area contributed by atoms with Crippen molar-refractivity contribution in [2.24, 2.45) is 0 Å². The van der Waals surface area contributed by atoms with Crippen LogP contribution in [0, 0.1) is 0 Å². The maximum atomic E-state index is 12.5. The highest BCUT2D eigenvalue weighted by Gasteiger charge is 2.20. The number of sulfonamides is 1. The van der Waals surface area contributed by atoms with Gasteiger partial charge < -0.3 is 10.1 Å². The average molecular weight is 395 g/mol. The smallest absolute Gasteiger partial charge is 0.255 e. The third-order valence-corrected chi connectivity index (χ3v) is 6.16. The first kappa shape index (κ1) is 20.3. The number of anilines is 1. The predicted molar refractivity (Wildman–Crippen MR) is 105 cm³/mol. The Kier molecular flexibility index (Phi) is 6.69. The number of carbonyl (C=O) groups excluding carboxylic acids is 1. The van der Waals surface area contributed by atoms with E-state index in [9.17, 15) is 13.2 Å². The number of rotatable bonds is 7. The fourth-order valence-electron chi connectivity index (χ4n) is 2.27. The average Bonchev–Trinajstić information content (AvgIpc) is 2.62. The molecule has 0 aliphatic carbocycles. The van der Waals surface area contributed by atoms with E-state index in [0.717, 1.165) is 15.6 Å². The van der Waals surface area contributed by atoms with E-state index in [4.69, 9.17) is 4.74 Å². The topological polar surface area (TPSA) is 75.7 Å². The summed E-state index contributed by atoms with van der Waals surface area (Å²) in [7, 11) is 0.753. The summed E-state index contributed by atoms with van der Waals surface area (Å²) in [4.78, 5) is 12.6. The number of thioether (sulfide) groups is 1. The van der Waals surface area contributed by atoms with Crippen molar-refractivity contribution in [2.45, 2.75) is 10.6 Å². The quantitative estimate of drug-likeness (QED) is 0.781. The van der Waals surface area contributed by atoms with Gasteiger partial charge in [0.15, 0.2) is 0 Å². The minimum absolute atomic E-state index is 0.0777. The van der Waals surface area contributed by atoms with E-state index >= 15 is 0 Å².